The molecular formula is C19H30NO2+. The summed E-state index contributed by atoms with van der Waals surface area (Å²) < 4.78 is 6.12. The number of hydrogen-bond acceptors (Lipinski definition) is 2. The number of carbonyl (C=O) groups excluding carboxylic acids is 1. The Hall–Kier alpha value is -0.570. The second kappa shape index (κ2) is 4.28. The third kappa shape index (κ3) is 1.75. The fraction of sp³-hybridized carbons (Fsp3) is 0.947. The van der Waals surface area contributed by atoms with E-state index in [-0.39, 0.29) is 18.0 Å². The Balaban J connectivity index is 1.50. The lowest BCUT2D eigenvalue weighted by atomic mass is 9.73. The first-order valence-electron chi connectivity index (χ1n) is 9.54. The zero-order chi connectivity index (χ0) is 15.1. The minimum Gasteiger partial charge on any atom is -0.461 e. The van der Waals surface area contributed by atoms with Gasteiger partial charge in [-0.15, -0.1) is 0 Å². The third-order valence-electron chi connectivity index (χ3n) is 8.12. The Morgan fingerprint density at radius 2 is 1.73 bits per heavy atom. The zero-order valence-corrected chi connectivity index (χ0v) is 14.1. The minimum absolute atomic E-state index is 0.129. The summed E-state index contributed by atoms with van der Waals surface area (Å²) in [5.74, 6) is 2.41. The van der Waals surface area contributed by atoms with Crippen molar-refractivity contribution in [1.82, 2.24) is 0 Å². The SMILES string of the molecule is C[NH+](C)CC1C(=O)OC2C1CCC1(CC1)C1CCC3(CC3)C21. The lowest BCUT2D eigenvalue weighted by Crippen LogP contribution is -3.06. The fourth-order valence-electron chi connectivity index (χ4n) is 6.74. The molecular weight excluding hydrogens is 274 g/mol. The second-order valence-corrected chi connectivity index (χ2v) is 9.52. The molecule has 5 unspecified atom stereocenters. The van der Waals surface area contributed by atoms with Gasteiger partial charge in [-0.05, 0) is 68.1 Å². The summed E-state index contributed by atoms with van der Waals surface area (Å²) in [6.45, 7) is 0.956. The molecule has 2 spiro atoms. The standard InChI is InChI=1S/C19H29NO2/c1-20(2)11-13-12-3-5-18(7-8-18)14-4-6-19(9-10-19)15(14)16(12)22-17(13)21/h12-16H,3-11H2,1-2H3/p+1. The van der Waals surface area contributed by atoms with Gasteiger partial charge >= 0.3 is 5.97 Å². The molecule has 4 aliphatic carbocycles. The average Bonchev–Trinajstić information content (AvgIpc) is 3.34. The van der Waals surface area contributed by atoms with Gasteiger partial charge in [0.1, 0.15) is 12.0 Å². The number of nitrogens with one attached hydrogen (secondary N) is 1. The van der Waals surface area contributed by atoms with Crippen LogP contribution in [0.15, 0.2) is 0 Å². The molecule has 0 bridgehead atoms. The van der Waals surface area contributed by atoms with Crippen LogP contribution in [-0.4, -0.2) is 32.7 Å². The topological polar surface area (TPSA) is 30.7 Å². The lowest BCUT2D eigenvalue weighted by molar-refractivity contribution is -0.861. The number of carbonyl (C=O) groups is 1. The zero-order valence-electron chi connectivity index (χ0n) is 14.1. The second-order valence-electron chi connectivity index (χ2n) is 9.52. The molecule has 1 N–H and O–H groups in total. The van der Waals surface area contributed by atoms with E-state index in [1.165, 1.54) is 56.3 Å². The van der Waals surface area contributed by atoms with Gasteiger partial charge in [0.05, 0.1) is 20.6 Å². The van der Waals surface area contributed by atoms with Crippen molar-refractivity contribution in [2.45, 2.75) is 57.5 Å². The third-order valence-corrected chi connectivity index (χ3v) is 8.12. The molecule has 5 atom stereocenters. The van der Waals surface area contributed by atoms with E-state index in [1.54, 1.807) is 0 Å². The number of fused-ring (bicyclic) bond motifs is 5. The number of quaternary nitrogens is 1. The molecule has 0 amide bonds. The number of ether oxygens (including phenoxy) is 1. The summed E-state index contributed by atoms with van der Waals surface area (Å²) in [7, 11) is 4.33. The maximum Gasteiger partial charge on any atom is 0.315 e. The lowest BCUT2D eigenvalue weighted by Gasteiger charge is -2.33. The molecule has 0 aromatic carbocycles. The van der Waals surface area contributed by atoms with Crippen LogP contribution < -0.4 is 4.90 Å². The molecule has 1 aliphatic heterocycles. The predicted octanol–water partition coefficient (Wildman–Crippen LogP) is 1.67. The molecule has 3 heteroatoms. The first-order valence-corrected chi connectivity index (χ1v) is 9.54. The van der Waals surface area contributed by atoms with Crippen molar-refractivity contribution in [2.75, 3.05) is 20.6 Å². The van der Waals surface area contributed by atoms with Crippen LogP contribution in [0.5, 0.6) is 0 Å². The molecule has 4 saturated carbocycles. The number of hydrogen-bond donors (Lipinski definition) is 1. The van der Waals surface area contributed by atoms with E-state index in [2.05, 4.69) is 14.1 Å². The Morgan fingerprint density at radius 1 is 1.05 bits per heavy atom. The fourth-order valence-corrected chi connectivity index (χ4v) is 6.74. The van der Waals surface area contributed by atoms with Crippen molar-refractivity contribution >= 4 is 5.97 Å². The van der Waals surface area contributed by atoms with Crippen LogP contribution in [0.1, 0.15) is 51.4 Å². The van der Waals surface area contributed by atoms with Gasteiger partial charge in [-0.1, -0.05) is 0 Å². The van der Waals surface area contributed by atoms with Crippen LogP contribution >= 0.6 is 0 Å². The van der Waals surface area contributed by atoms with E-state index in [0.29, 0.717) is 22.7 Å². The Labute approximate surface area is 133 Å². The van der Waals surface area contributed by atoms with Gasteiger partial charge < -0.3 is 9.64 Å². The molecule has 122 valence electrons. The summed E-state index contributed by atoms with van der Waals surface area (Å²) in [5.41, 5.74) is 1.26. The molecule has 5 fully saturated rings. The normalized spacial score (nSPS) is 46.5. The first-order chi connectivity index (χ1) is 10.5. The Bertz CT molecular complexity index is 506. The minimum atomic E-state index is 0.129. The molecule has 5 aliphatic rings. The highest BCUT2D eigenvalue weighted by Crippen LogP contribution is 2.74. The number of esters is 1. The maximum absolute atomic E-state index is 12.5. The number of rotatable bonds is 2. The first kappa shape index (κ1) is 13.8. The summed E-state index contributed by atoms with van der Waals surface area (Å²) in [4.78, 5) is 13.9. The molecule has 0 radical (unpaired) electrons. The van der Waals surface area contributed by atoms with Crippen LogP contribution in [0, 0.1) is 34.5 Å². The Kier molecular flexibility index (Phi) is 2.69. The summed E-state index contributed by atoms with van der Waals surface area (Å²) in [5, 5.41) is 0. The van der Waals surface area contributed by atoms with Gasteiger partial charge in [-0.25, -0.2) is 0 Å². The van der Waals surface area contributed by atoms with Crippen molar-refractivity contribution < 1.29 is 14.4 Å². The molecule has 3 nitrogen and oxygen atoms in total. The quantitative estimate of drug-likeness (QED) is 0.787. The van der Waals surface area contributed by atoms with Crippen LogP contribution in [0.3, 0.4) is 0 Å². The van der Waals surface area contributed by atoms with Crippen molar-refractivity contribution in [3.8, 4) is 0 Å². The molecule has 0 aromatic rings. The monoisotopic (exact) mass is 304 g/mol. The highest BCUT2D eigenvalue weighted by molar-refractivity contribution is 5.75. The van der Waals surface area contributed by atoms with E-state index in [0.717, 1.165) is 12.5 Å². The van der Waals surface area contributed by atoms with Crippen LogP contribution in [0.4, 0.5) is 0 Å². The van der Waals surface area contributed by atoms with Crippen LogP contribution in [0.2, 0.25) is 0 Å². The van der Waals surface area contributed by atoms with Gasteiger partial charge in [0.15, 0.2) is 0 Å². The summed E-state index contributed by atoms with van der Waals surface area (Å²) in [6.07, 6.45) is 11.5. The van der Waals surface area contributed by atoms with E-state index < -0.39 is 0 Å². The van der Waals surface area contributed by atoms with E-state index in [9.17, 15) is 4.79 Å². The highest BCUT2D eigenvalue weighted by atomic mass is 16.6. The van der Waals surface area contributed by atoms with Gasteiger partial charge in [0.25, 0.3) is 0 Å². The predicted molar refractivity (Wildman–Crippen MR) is 83.3 cm³/mol. The van der Waals surface area contributed by atoms with Gasteiger partial charge in [-0.3, -0.25) is 4.79 Å². The van der Waals surface area contributed by atoms with E-state index in [4.69, 9.17) is 4.74 Å². The molecule has 1 saturated heterocycles. The Morgan fingerprint density at radius 3 is 2.36 bits per heavy atom. The van der Waals surface area contributed by atoms with Gasteiger partial charge in [0.2, 0.25) is 0 Å². The van der Waals surface area contributed by atoms with Crippen molar-refractivity contribution in [3.05, 3.63) is 0 Å². The maximum atomic E-state index is 12.5. The van der Waals surface area contributed by atoms with Crippen molar-refractivity contribution in [1.29, 1.82) is 0 Å². The van der Waals surface area contributed by atoms with Gasteiger partial charge in [0, 0.05) is 11.8 Å². The van der Waals surface area contributed by atoms with Crippen molar-refractivity contribution in [3.63, 3.8) is 0 Å². The average molecular weight is 304 g/mol. The van der Waals surface area contributed by atoms with Gasteiger partial charge in [-0.2, -0.15) is 0 Å². The smallest absolute Gasteiger partial charge is 0.315 e. The van der Waals surface area contributed by atoms with Crippen molar-refractivity contribution in [2.24, 2.45) is 34.5 Å². The molecule has 22 heavy (non-hydrogen) atoms. The van der Waals surface area contributed by atoms with E-state index in [1.807, 2.05) is 0 Å². The van der Waals surface area contributed by atoms with Crippen LogP contribution in [-0.2, 0) is 9.53 Å². The molecule has 0 aromatic heterocycles. The van der Waals surface area contributed by atoms with E-state index >= 15 is 0 Å². The van der Waals surface area contributed by atoms with Crippen LogP contribution in [0.25, 0.3) is 0 Å². The highest BCUT2D eigenvalue weighted by Gasteiger charge is 2.69. The summed E-state index contributed by atoms with van der Waals surface area (Å²) >= 11 is 0. The molecule has 1 heterocycles. The largest absolute Gasteiger partial charge is 0.461 e. The molecule has 5 rings (SSSR count). The summed E-state index contributed by atoms with van der Waals surface area (Å²) in [6, 6.07) is 0.